The summed E-state index contributed by atoms with van der Waals surface area (Å²) >= 11 is 0. The van der Waals surface area contributed by atoms with Crippen LogP contribution in [0, 0.1) is 5.82 Å². The quantitative estimate of drug-likeness (QED) is 0.823. The monoisotopic (exact) mass is 264 g/mol. The van der Waals surface area contributed by atoms with Crippen molar-refractivity contribution in [3.05, 3.63) is 29.6 Å². The molecule has 1 rings (SSSR count). The molecule has 3 nitrogen and oxygen atoms in total. The van der Waals surface area contributed by atoms with Gasteiger partial charge in [0.2, 0.25) is 5.91 Å². The Labute approximate surface area is 101 Å². The summed E-state index contributed by atoms with van der Waals surface area (Å²) in [4.78, 5) is 11.2. The largest absolute Gasteiger partial charge is 0.416 e. The van der Waals surface area contributed by atoms with Gasteiger partial charge in [0.1, 0.15) is 11.9 Å². The number of carbonyl (C=O) groups is 1. The van der Waals surface area contributed by atoms with E-state index in [9.17, 15) is 22.4 Å². The number of hydrogen-bond donors (Lipinski definition) is 2. The molecule has 2 N–H and O–H groups in total. The molecule has 1 atom stereocenters. The van der Waals surface area contributed by atoms with Crippen molar-refractivity contribution in [1.82, 2.24) is 5.32 Å². The summed E-state index contributed by atoms with van der Waals surface area (Å²) in [5.41, 5.74) is -1.34. The summed E-state index contributed by atoms with van der Waals surface area (Å²) in [5.74, 6) is -1.30. The van der Waals surface area contributed by atoms with E-state index in [1.54, 1.807) is 0 Å². The van der Waals surface area contributed by atoms with Gasteiger partial charge < -0.3 is 10.6 Å². The summed E-state index contributed by atoms with van der Waals surface area (Å²) in [6.45, 7) is 1.42. The van der Waals surface area contributed by atoms with Crippen LogP contribution >= 0.6 is 0 Å². The van der Waals surface area contributed by atoms with Crippen molar-refractivity contribution in [2.45, 2.75) is 19.1 Å². The third kappa shape index (κ3) is 3.35. The Hall–Kier alpha value is -1.79. The summed E-state index contributed by atoms with van der Waals surface area (Å²) in [7, 11) is 1.38. The second-order valence-corrected chi connectivity index (χ2v) is 3.67. The molecule has 0 spiro atoms. The van der Waals surface area contributed by atoms with Gasteiger partial charge >= 0.3 is 6.18 Å². The highest BCUT2D eigenvalue weighted by Crippen LogP contribution is 2.31. The molecule has 1 unspecified atom stereocenters. The highest BCUT2D eigenvalue weighted by atomic mass is 19.4. The zero-order chi connectivity index (χ0) is 13.9. The summed E-state index contributed by atoms with van der Waals surface area (Å²) < 4.78 is 50.6. The van der Waals surface area contributed by atoms with E-state index in [4.69, 9.17) is 0 Å². The van der Waals surface area contributed by atoms with Crippen LogP contribution in [0.25, 0.3) is 0 Å². The lowest BCUT2D eigenvalue weighted by atomic mass is 10.1. The van der Waals surface area contributed by atoms with Crippen LogP contribution in [-0.2, 0) is 11.0 Å². The molecule has 0 heterocycles. The van der Waals surface area contributed by atoms with E-state index in [0.29, 0.717) is 18.2 Å². The molecule has 7 heteroatoms. The zero-order valence-electron chi connectivity index (χ0n) is 9.73. The third-order valence-corrected chi connectivity index (χ3v) is 2.31. The van der Waals surface area contributed by atoms with E-state index >= 15 is 0 Å². The van der Waals surface area contributed by atoms with Crippen molar-refractivity contribution in [3.63, 3.8) is 0 Å². The van der Waals surface area contributed by atoms with Crippen LogP contribution in [0.4, 0.5) is 23.2 Å². The van der Waals surface area contributed by atoms with E-state index < -0.39 is 29.5 Å². The lowest BCUT2D eigenvalue weighted by Crippen LogP contribution is -2.35. The van der Waals surface area contributed by atoms with Crippen molar-refractivity contribution in [1.29, 1.82) is 0 Å². The minimum Gasteiger partial charge on any atom is -0.372 e. The van der Waals surface area contributed by atoms with E-state index in [2.05, 4.69) is 10.6 Å². The van der Waals surface area contributed by atoms with Gasteiger partial charge in [0.05, 0.1) is 11.3 Å². The van der Waals surface area contributed by atoms with Crippen LogP contribution < -0.4 is 10.6 Å². The molecule has 0 fully saturated rings. The fourth-order valence-electron chi connectivity index (χ4n) is 1.33. The van der Waals surface area contributed by atoms with Crippen LogP contribution in [-0.4, -0.2) is 19.0 Å². The van der Waals surface area contributed by atoms with Crippen molar-refractivity contribution in [3.8, 4) is 0 Å². The van der Waals surface area contributed by atoms with E-state index in [-0.39, 0.29) is 5.69 Å². The van der Waals surface area contributed by atoms with Gasteiger partial charge in [-0.2, -0.15) is 13.2 Å². The van der Waals surface area contributed by atoms with Crippen LogP contribution in [0.2, 0.25) is 0 Å². The van der Waals surface area contributed by atoms with Crippen LogP contribution in [0.15, 0.2) is 18.2 Å². The normalized spacial score (nSPS) is 13.0. The zero-order valence-corrected chi connectivity index (χ0v) is 9.73. The number of rotatable bonds is 3. The number of halogens is 4. The first-order chi connectivity index (χ1) is 8.25. The standard InChI is InChI=1S/C11H12F4N2O/c1-6(10(18)16-2)17-9-5-7(11(13,14)15)3-4-8(9)12/h3-6,17H,1-2H3,(H,16,18). The Morgan fingerprint density at radius 1 is 1.33 bits per heavy atom. The average Bonchev–Trinajstić information content (AvgIpc) is 2.29. The minimum atomic E-state index is -4.56. The van der Waals surface area contributed by atoms with E-state index in [1.165, 1.54) is 14.0 Å². The molecule has 1 amide bonds. The van der Waals surface area contributed by atoms with Crippen LogP contribution in [0.1, 0.15) is 12.5 Å². The van der Waals surface area contributed by atoms with Gasteiger partial charge in [-0.25, -0.2) is 4.39 Å². The third-order valence-electron chi connectivity index (χ3n) is 2.31. The van der Waals surface area contributed by atoms with Gasteiger partial charge in [-0.05, 0) is 25.1 Å². The molecule has 0 bridgehead atoms. The number of benzene rings is 1. The first-order valence-corrected chi connectivity index (χ1v) is 5.10. The molecule has 0 aromatic heterocycles. The molecule has 0 radical (unpaired) electrons. The molecule has 0 saturated heterocycles. The Morgan fingerprint density at radius 2 is 1.94 bits per heavy atom. The number of carbonyl (C=O) groups excluding carboxylic acids is 1. The van der Waals surface area contributed by atoms with Crippen molar-refractivity contribution < 1.29 is 22.4 Å². The Morgan fingerprint density at radius 3 is 2.44 bits per heavy atom. The second-order valence-electron chi connectivity index (χ2n) is 3.67. The molecule has 1 aromatic carbocycles. The van der Waals surface area contributed by atoms with E-state index in [0.717, 1.165) is 0 Å². The summed E-state index contributed by atoms with van der Waals surface area (Å²) in [6.07, 6.45) is -4.56. The highest BCUT2D eigenvalue weighted by molar-refractivity contribution is 5.83. The van der Waals surface area contributed by atoms with Gasteiger partial charge in [0.15, 0.2) is 0 Å². The Bertz CT molecular complexity index is 445. The lowest BCUT2D eigenvalue weighted by molar-refractivity contribution is -0.137. The van der Waals surface area contributed by atoms with Crippen LogP contribution in [0.5, 0.6) is 0 Å². The number of likely N-dealkylation sites (N-methyl/N-ethyl adjacent to an activating group) is 1. The van der Waals surface area contributed by atoms with Gasteiger partial charge in [-0.3, -0.25) is 4.79 Å². The average molecular weight is 264 g/mol. The van der Waals surface area contributed by atoms with Gasteiger partial charge in [0, 0.05) is 7.05 Å². The molecular weight excluding hydrogens is 252 g/mol. The number of nitrogens with one attached hydrogen (secondary N) is 2. The Kier molecular flexibility index (Phi) is 4.15. The van der Waals surface area contributed by atoms with E-state index in [1.807, 2.05) is 0 Å². The van der Waals surface area contributed by atoms with Gasteiger partial charge in [-0.15, -0.1) is 0 Å². The molecule has 0 aliphatic carbocycles. The number of hydrogen-bond acceptors (Lipinski definition) is 2. The molecule has 100 valence electrons. The topological polar surface area (TPSA) is 41.1 Å². The predicted octanol–water partition coefficient (Wildman–Crippen LogP) is 2.39. The number of alkyl halides is 3. The van der Waals surface area contributed by atoms with Gasteiger partial charge in [0.25, 0.3) is 0 Å². The SMILES string of the molecule is CNC(=O)C(C)Nc1cc(C(F)(F)F)ccc1F. The maximum atomic E-state index is 13.3. The summed E-state index contributed by atoms with van der Waals surface area (Å²) in [5, 5.41) is 4.69. The first kappa shape index (κ1) is 14.3. The van der Waals surface area contributed by atoms with Crippen molar-refractivity contribution >= 4 is 11.6 Å². The lowest BCUT2D eigenvalue weighted by Gasteiger charge is -2.16. The number of anilines is 1. The molecule has 1 aromatic rings. The van der Waals surface area contributed by atoms with Crippen molar-refractivity contribution in [2.75, 3.05) is 12.4 Å². The molecule has 0 saturated carbocycles. The second kappa shape index (κ2) is 5.24. The fraction of sp³-hybridized carbons (Fsp3) is 0.364. The predicted molar refractivity (Wildman–Crippen MR) is 58.6 cm³/mol. The minimum absolute atomic E-state index is 0.360. The smallest absolute Gasteiger partial charge is 0.372 e. The highest BCUT2D eigenvalue weighted by Gasteiger charge is 2.31. The Balaban J connectivity index is 2.98. The first-order valence-electron chi connectivity index (χ1n) is 5.10. The van der Waals surface area contributed by atoms with Crippen molar-refractivity contribution in [2.24, 2.45) is 0 Å². The molecule has 0 aliphatic heterocycles. The maximum Gasteiger partial charge on any atom is 0.416 e. The molecule has 0 aliphatic rings. The van der Waals surface area contributed by atoms with Gasteiger partial charge in [-0.1, -0.05) is 0 Å². The molecule has 18 heavy (non-hydrogen) atoms. The number of amides is 1. The fourth-order valence-corrected chi connectivity index (χ4v) is 1.33. The molecular formula is C11H12F4N2O. The maximum absolute atomic E-state index is 13.3. The van der Waals surface area contributed by atoms with Crippen LogP contribution in [0.3, 0.4) is 0 Å². The summed E-state index contributed by atoms with van der Waals surface area (Å²) in [6, 6.07) is 1.15.